The second kappa shape index (κ2) is 6.76. The molecule has 0 saturated heterocycles. The monoisotopic (exact) mass is 387 g/mol. The number of hydrazone groups is 1. The summed E-state index contributed by atoms with van der Waals surface area (Å²) in [6.07, 6.45) is 1.12. The Balaban J connectivity index is 2.57. The van der Waals surface area contributed by atoms with E-state index < -0.39 is 35.9 Å². The molecule has 2 rings (SSSR count). The van der Waals surface area contributed by atoms with Gasteiger partial charge >= 0.3 is 0 Å². The van der Waals surface area contributed by atoms with E-state index in [4.69, 9.17) is 10.3 Å². The van der Waals surface area contributed by atoms with Crippen LogP contribution in [0.25, 0.3) is 10.8 Å². The minimum absolute atomic E-state index is 0.0431. The number of nitrogens with two attached hydrogens (primary N) is 1. The third kappa shape index (κ3) is 4.73. The molecule has 0 aliphatic heterocycles. The Kier molecular flexibility index (Phi) is 5.08. The number of carbonyl (C=O) groups is 1. The first kappa shape index (κ1) is 18.8. The number of primary amides is 1. The molecular formula is C13H13N3O7S2. The molecule has 25 heavy (non-hydrogen) atoms. The fourth-order valence-corrected chi connectivity index (χ4v) is 3.35. The van der Waals surface area contributed by atoms with E-state index in [1.165, 1.54) is 24.4 Å². The van der Waals surface area contributed by atoms with E-state index in [0.29, 0.717) is 11.8 Å². The molecule has 12 heteroatoms. The van der Waals surface area contributed by atoms with Gasteiger partial charge in [0.2, 0.25) is 5.91 Å². The highest BCUT2D eigenvalue weighted by molar-refractivity contribution is 7.86. The van der Waals surface area contributed by atoms with Crippen molar-refractivity contribution in [2.75, 3.05) is 5.43 Å². The van der Waals surface area contributed by atoms with Crippen molar-refractivity contribution in [2.45, 2.75) is 16.2 Å². The number of anilines is 1. The molecule has 0 atom stereocenters. The van der Waals surface area contributed by atoms with Crippen molar-refractivity contribution in [1.29, 1.82) is 0 Å². The van der Waals surface area contributed by atoms with Gasteiger partial charge in [-0.05, 0) is 29.7 Å². The third-order valence-corrected chi connectivity index (χ3v) is 4.77. The molecule has 1 amide bonds. The number of nitrogens with one attached hydrogen (secondary N) is 1. The SMILES string of the molecule is NC(=O)C/C=N\Nc1ccc2c(S(=O)(=O)O)cc(S(=O)(=O)O)cc2c1. The van der Waals surface area contributed by atoms with E-state index in [-0.39, 0.29) is 17.2 Å². The van der Waals surface area contributed by atoms with Crippen LogP contribution >= 0.6 is 0 Å². The Hall–Kier alpha value is -2.54. The van der Waals surface area contributed by atoms with E-state index in [9.17, 15) is 26.2 Å². The Bertz CT molecular complexity index is 1080. The summed E-state index contributed by atoms with van der Waals surface area (Å²) in [7, 11) is -9.43. The van der Waals surface area contributed by atoms with Gasteiger partial charge in [0.05, 0.1) is 17.0 Å². The van der Waals surface area contributed by atoms with Crippen LogP contribution in [0.15, 0.2) is 45.2 Å². The molecule has 0 saturated carbocycles. The van der Waals surface area contributed by atoms with E-state index in [2.05, 4.69) is 10.5 Å². The van der Waals surface area contributed by atoms with Gasteiger partial charge in [-0.3, -0.25) is 19.3 Å². The molecule has 0 heterocycles. The highest BCUT2D eigenvalue weighted by Crippen LogP contribution is 2.29. The van der Waals surface area contributed by atoms with Crippen molar-refractivity contribution in [1.82, 2.24) is 0 Å². The number of amides is 1. The maximum Gasteiger partial charge on any atom is 0.295 e. The van der Waals surface area contributed by atoms with Crippen LogP contribution in [0.3, 0.4) is 0 Å². The van der Waals surface area contributed by atoms with Crippen LogP contribution in [0.5, 0.6) is 0 Å². The average molecular weight is 387 g/mol. The van der Waals surface area contributed by atoms with Crippen LogP contribution in [-0.4, -0.2) is 38.1 Å². The van der Waals surface area contributed by atoms with E-state index in [0.717, 1.165) is 6.07 Å². The van der Waals surface area contributed by atoms with Gasteiger partial charge in [-0.15, -0.1) is 0 Å². The first-order valence-corrected chi connectivity index (χ1v) is 9.45. The van der Waals surface area contributed by atoms with Gasteiger partial charge < -0.3 is 5.73 Å². The quantitative estimate of drug-likeness (QED) is 0.316. The van der Waals surface area contributed by atoms with Gasteiger partial charge in [-0.1, -0.05) is 6.07 Å². The summed E-state index contributed by atoms with van der Waals surface area (Å²) in [5.41, 5.74) is 7.82. The molecule has 0 fully saturated rings. The second-order valence-corrected chi connectivity index (χ2v) is 7.71. The predicted molar refractivity (Wildman–Crippen MR) is 89.5 cm³/mol. The van der Waals surface area contributed by atoms with Gasteiger partial charge in [-0.2, -0.15) is 21.9 Å². The maximum atomic E-state index is 11.5. The van der Waals surface area contributed by atoms with E-state index in [1.807, 2.05) is 0 Å². The van der Waals surface area contributed by atoms with Crippen LogP contribution in [0.2, 0.25) is 0 Å². The van der Waals surface area contributed by atoms with Crippen molar-refractivity contribution in [3.63, 3.8) is 0 Å². The lowest BCUT2D eigenvalue weighted by molar-refractivity contribution is -0.116. The summed E-state index contributed by atoms with van der Waals surface area (Å²) >= 11 is 0. The Morgan fingerprint density at radius 2 is 1.80 bits per heavy atom. The second-order valence-electron chi connectivity index (χ2n) is 4.90. The molecular weight excluding hydrogens is 374 g/mol. The number of fused-ring (bicyclic) bond motifs is 1. The smallest absolute Gasteiger partial charge is 0.295 e. The third-order valence-electron chi connectivity index (χ3n) is 3.04. The average Bonchev–Trinajstić information content (AvgIpc) is 2.48. The summed E-state index contributed by atoms with van der Waals surface area (Å²) in [5, 5.41) is 3.87. The molecule has 10 nitrogen and oxygen atoms in total. The van der Waals surface area contributed by atoms with Gasteiger partial charge in [0.25, 0.3) is 20.2 Å². The molecule has 0 aliphatic rings. The minimum Gasteiger partial charge on any atom is -0.369 e. The van der Waals surface area contributed by atoms with Gasteiger partial charge in [0.1, 0.15) is 4.90 Å². The van der Waals surface area contributed by atoms with Gasteiger partial charge in [0, 0.05) is 11.6 Å². The number of nitrogens with zero attached hydrogens (tertiary/aromatic N) is 1. The highest BCUT2D eigenvalue weighted by atomic mass is 32.2. The number of rotatable bonds is 6. The first-order chi connectivity index (χ1) is 11.5. The largest absolute Gasteiger partial charge is 0.369 e. The lowest BCUT2D eigenvalue weighted by Crippen LogP contribution is -2.10. The van der Waals surface area contributed by atoms with Crippen molar-refractivity contribution in [3.8, 4) is 0 Å². The van der Waals surface area contributed by atoms with Gasteiger partial charge in [0.15, 0.2) is 0 Å². The van der Waals surface area contributed by atoms with Crippen LogP contribution in [0.1, 0.15) is 6.42 Å². The van der Waals surface area contributed by atoms with Crippen LogP contribution in [-0.2, 0) is 25.0 Å². The maximum absolute atomic E-state index is 11.5. The summed E-state index contributed by atoms with van der Waals surface area (Å²) < 4.78 is 64.0. The molecule has 134 valence electrons. The zero-order chi connectivity index (χ0) is 18.8. The lowest BCUT2D eigenvalue weighted by Gasteiger charge is -2.08. The molecule has 0 spiro atoms. The number of carbonyl (C=O) groups excluding carboxylic acids is 1. The first-order valence-electron chi connectivity index (χ1n) is 6.57. The molecule has 0 bridgehead atoms. The van der Waals surface area contributed by atoms with Crippen molar-refractivity contribution in [2.24, 2.45) is 10.8 Å². The number of hydrogen-bond donors (Lipinski definition) is 4. The molecule has 5 N–H and O–H groups in total. The standard InChI is InChI=1S/C13H13N3O7S2/c14-13(17)3-4-15-16-9-1-2-11-8(5-9)6-10(24(18,19)20)7-12(11)25(21,22)23/h1-2,4-7,16H,3H2,(H2,14,17)(H,18,19,20)(H,21,22,23)/b15-4-. The highest BCUT2D eigenvalue weighted by Gasteiger charge is 2.20. The van der Waals surface area contributed by atoms with Crippen LogP contribution in [0, 0.1) is 0 Å². The zero-order valence-corrected chi connectivity index (χ0v) is 14.1. The molecule has 0 aromatic heterocycles. The van der Waals surface area contributed by atoms with Gasteiger partial charge in [-0.25, -0.2) is 0 Å². The summed E-state index contributed by atoms with van der Waals surface area (Å²) in [5.74, 6) is -0.584. The minimum atomic E-state index is -4.73. The molecule has 2 aromatic rings. The number of benzene rings is 2. The Morgan fingerprint density at radius 1 is 1.12 bits per heavy atom. The fraction of sp³-hybridized carbons (Fsp3) is 0.0769. The Morgan fingerprint density at radius 3 is 2.36 bits per heavy atom. The lowest BCUT2D eigenvalue weighted by atomic mass is 10.1. The predicted octanol–water partition coefficient (Wildman–Crippen LogP) is 0.606. The normalized spacial score (nSPS) is 12.6. The van der Waals surface area contributed by atoms with Crippen molar-refractivity contribution < 1.29 is 30.7 Å². The topological polar surface area (TPSA) is 176 Å². The molecule has 0 unspecified atom stereocenters. The van der Waals surface area contributed by atoms with E-state index >= 15 is 0 Å². The zero-order valence-electron chi connectivity index (χ0n) is 12.4. The van der Waals surface area contributed by atoms with E-state index in [1.54, 1.807) is 0 Å². The Labute approximate surface area is 142 Å². The molecule has 2 aromatic carbocycles. The van der Waals surface area contributed by atoms with Crippen molar-refractivity contribution in [3.05, 3.63) is 30.3 Å². The fourth-order valence-electron chi connectivity index (χ4n) is 2.00. The molecule has 0 aliphatic carbocycles. The molecule has 0 radical (unpaired) electrons. The number of hydrogen-bond acceptors (Lipinski definition) is 7. The summed E-state index contributed by atoms with van der Waals surface area (Å²) in [4.78, 5) is 9.23. The van der Waals surface area contributed by atoms with Crippen molar-refractivity contribution >= 4 is 48.8 Å². The summed E-state index contributed by atoms with van der Waals surface area (Å²) in [6.45, 7) is 0. The van der Waals surface area contributed by atoms with Crippen LogP contribution in [0.4, 0.5) is 5.69 Å². The summed E-state index contributed by atoms with van der Waals surface area (Å²) in [6, 6.07) is 5.78. The van der Waals surface area contributed by atoms with Crippen LogP contribution < -0.4 is 11.2 Å².